The fourth-order valence-corrected chi connectivity index (χ4v) is 3.38. The van der Waals surface area contributed by atoms with Gasteiger partial charge in [0, 0.05) is 16.7 Å². The maximum Gasteiger partial charge on any atom is 0.339 e. The Morgan fingerprint density at radius 2 is 2.08 bits per heavy atom. The Labute approximate surface area is 156 Å². The number of aryl methyl sites for hydroxylation is 1. The van der Waals surface area contributed by atoms with Crippen LogP contribution in [0.3, 0.4) is 0 Å². The first-order chi connectivity index (χ1) is 12.5. The van der Waals surface area contributed by atoms with E-state index in [-0.39, 0.29) is 17.8 Å². The number of rotatable bonds is 6. The Balaban J connectivity index is 1.61. The molecule has 26 heavy (non-hydrogen) atoms. The summed E-state index contributed by atoms with van der Waals surface area (Å²) in [6, 6.07) is 8.00. The molecule has 10 heteroatoms. The van der Waals surface area contributed by atoms with Crippen molar-refractivity contribution in [3.8, 4) is 0 Å². The molecule has 0 aliphatic heterocycles. The van der Waals surface area contributed by atoms with Crippen LogP contribution >= 0.6 is 23.4 Å². The Morgan fingerprint density at radius 1 is 1.31 bits per heavy atom. The third kappa shape index (κ3) is 3.78. The zero-order valence-electron chi connectivity index (χ0n) is 13.5. The number of carbonyl (C=O) groups excluding carboxylic acids is 1. The molecule has 0 aliphatic rings. The second kappa shape index (κ2) is 7.71. The molecule has 0 N–H and O–H groups in total. The monoisotopic (exact) mass is 393 g/mol. The number of nitro groups is 1. The molecule has 0 saturated carbocycles. The minimum atomic E-state index is -0.548. The summed E-state index contributed by atoms with van der Waals surface area (Å²) in [4.78, 5) is 23.1. The zero-order chi connectivity index (χ0) is 18.7. The number of ether oxygens (including phenoxy) is 1. The van der Waals surface area contributed by atoms with Crippen molar-refractivity contribution >= 4 is 46.1 Å². The lowest BCUT2D eigenvalue weighted by Crippen LogP contribution is -2.08. The van der Waals surface area contributed by atoms with E-state index in [0.717, 1.165) is 5.56 Å². The number of aromatic nitrogens is 2. The second-order valence-corrected chi connectivity index (χ2v) is 6.81. The number of hydrogen-bond acceptors (Lipinski definition) is 8. The molecule has 0 bridgehead atoms. The van der Waals surface area contributed by atoms with Gasteiger partial charge in [-0.3, -0.25) is 10.1 Å². The molecule has 0 atom stereocenters. The lowest BCUT2D eigenvalue weighted by molar-refractivity contribution is -0.383. The maximum atomic E-state index is 12.1. The minimum absolute atomic E-state index is 0.0865. The van der Waals surface area contributed by atoms with Gasteiger partial charge in [0.05, 0.1) is 15.5 Å². The first-order valence-electron chi connectivity index (χ1n) is 7.43. The van der Waals surface area contributed by atoms with E-state index < -0.39 is 10.9 Å². The lowest BCUT2D eigenvalue weighted by Gasteiger charge is -2.07. The highest BCUT2D eigenvalue weighted by Gasteiger charge is 2.19. The standard InChI is InChI=1S/C16H12ClN3O5S/c1-9-2-3-10(11(17)8-9)16(21)24-6-7-26-13-5-4-12(20(22)23)14-15(13)19-25-18-14/h2-5,8H,6-7H2,1H3. The summed E-state index contributed by atoms with van der Waals surface area (Å²) < 4.78 is 9.82. The van der Waals surface area contributed by atoms with Gasteiger partial charge in [-0.05, 0) is 41.0 Å². The Morgan fingerprint density at radius 3 is 2.81 bits per heavy atom. The zero-order valence-corrected chi connectivity index (χ0v) is 15.0. The van der Waals surface area contributed by atoms with Crippen LogP contribution in [0.25, 0.3) is 11.0 Å². The van der Waals surface area contributed by atoms with Crippen molar-refractivity contribution in [1.29, 1.82) is 0 Å². The molecule has 0 spiro atoms. The number of benzene rings is 2. The average Bonchev–Trinajstić information content (AvgIpc) is 3.08. The SMILES string of the molecule is Cc1ccc(C(=O)OCCSc2ccc([N+](=O)[O-])c3nonc23)c(Cl)c1. The molecule has 0 saturated heterocycles. The second-order valence-electron chi connectivity index (χ2n) is 5.27. The van der Waals surface area contributed by atoms with Gasteiger partial charge in [-0.2, -0.15) is 0 Å². The highest BCUT2D eigenvalue weighted by atomic mass is 35.5. The van der Waals surface area contributed by atoms with Crippen molar-refractivity contribution in [3.63, 3.8) is 0 Å². The summed E-state index contributed by atoms with van der Waals surface area (Å²) in [5, 5.41) is 18.6. The molecule has 0 unspecified atom stereocenters. The summed E-state index contributed by atoms with van der Waals surface area (Å²) in [7, 11) is 0. The van der Waals surface area contributed by atoms with Gasteiger partial charge in [-0.1, -0.05) is 17.7 Å². The molecule has 1 heterocycles. The summed E-state index contributed by atoms with van der Waals surface area (Å²) in [6.07, 6.45) is 0. The van der Waals surface area contributed by atoms with Gasteiger partial charge in [0.1, 0.15) is 6.61 Å². The van der Waals surface area contributed by atoms with E-state index in [4.69, 9.17) is 16.3 Å². The predicted molar refractivity (Wildman–Crippen MR) is 95.7 cm³/mol. The van der Waals surface area contributed by atoms with Crippen LogP contribution < -0.4 is 0 Å². The molecule has 0 amide bonds. The minimum Gasteiger partial charge on any atom is -0.461 e. The average molecular weight is 394 g/mol. The van der Waals surface area contributed by atoms with E-state index >= 15 is 0 Å². The smallest absolute Gasteiger partial charge is 0.339 e. The number of thioether (sulfide) groups is 1. The summed E-state index contributed by atoms with van der Waals surface area (Å²) >= 11 is 7.36. The van der Waals surface area contributed by atoms with Crippen LogP contribution in [-0.4, -0.2) is 33.6 Å². The van der Waals surface area contributed by atoms with Crippen molar-refractivity contribution in [2.75, 3.05) is 12.4 Å². The lowest BCUT2D eigenvalue weighted by atomic mass is 10.1. The first kappa shape index (κ1) is 18.2. The normalized spacial score (nSPS) is 10.8. The topological polar surface area (TPSA) is 108 Å². The maximum absolute atomic E-state index is 12.1. The highest BCUT2D eigenvalue weighted by Crippen LogP contribution is 2.31. The Hall–Kier alpha value is -2.65. The van der Waals surface area contributed by atoms with Crippen molar-refractivity contribution in [2.45, 2.75) is 11.8 Å². The number of fused-ring (bicyclic) bond motifs is 1. The largest absolute Gasteiger partial charge is 0.461 e. The van der Waals surface area contributed by atoms with Gasteiger partial charge < -0.3 is 4.74 Å². The van der Waals surface area contributed by atoms with Crippen molar-refractivity contribution in [3.05, 3.63) is 56.6 Å². The fraction of sp³-hybridized carbons (Fsp3) is 0.188. The summed E-state index contributed by atoms with van der Waals surface area (Å²) in [6.45, 7) is 2.01. The number of carbonyl (C=O) groups is 1. The van der Waals surface area contributed by atoms with E-state index in [1.807, 2.05) is 6.92 Å². The quantitative estimate of drug-likeness (QED) is 0.203. The van der Waals surface area contributed by atoms with Gasteiger partial charge in [0.15, 0.2) is 5.52 Å². The first-order valence-corrected chi connectivity index (χ1v) is 8.79. The third-order valence-electron chi connectivity index (χ3n) is 3.47. The summed E-state index contributed by atoms with van der Waals surface area (Å²) in [5.41, 5.74) is 1.47. The number of esters is 1. The molecule has 1 aromatic heterocycles. The van der Waals surface area contributed by atoms with Crippen LogP contribution in [0.1, 0.15) is 15.9 Å². The van der Waals surface area contributed by atoms with E-state index in [1.54, 1.807) is 24.3 Å². The van der Waals surface area contributed by atoms with Crippen LogP contribution in [0.4, 0.5) is 5.69 Å². The van der Waals surface area contributed by atoms with Crippen LogP contribution in [-0.2, 0) is 4.74 Å². The molecule has 3 rings (SSSR count). The van der Waals surface area contributed by atoms with Crippen LogP contribution in [0.5, 0.6) is 0 Å². The van der Waals surface area contributed by atoms with Gasteiger partial charge in [0.2, 0.25) is 5.52 Å². The van der Waals surface area contributed by atoms with Crippen LogP contribution in [0.2, 0.25) is 5.02 Å². The van der Waals surface area contributed by atoms with Gasteiger partial charge in [-0.15, -0.1) is 11.8 Å². The van der Waals surface area contributed by atoms with Gasteiger partial charge in [-0.25, -0.2) is 9.42 Å². The van der Waals surface area contributed by atoms with Gasteiger partial charge in [0.25, 0.3) is 0 Å². The van der Waals surface area contributed by atoms with Gasteiger partial charge >= 0.3 is 11.7 Å². The third-order valence-corrected chi connectivity index (χ3v) is 4.80. The van der Waals surface area contributed by atoms with Crippen LogP contribution in [0.15, 0.2) is 39.9 Å². The number of nitrogens with zero attached hydrogens (tertiary/aromatic N) is 3. The summed E-state index contributed by atoms with van der Waals surface area (Å²) in [5.74, 6) is -0.0813. The number of halogens is 1. The van der Waals surface area contributed by atoms with E-state index in [1.165, 1.54) is 17.8 Å². The fourth-order valence-electron chi connectivity index (χ4n) is 2.24. The molecule has 0 fully saturated rings. The molecular formula is C16H12ClN3O5S. The number of nitro benzene ring substituents is 1. The van der Waals surface area contributed by atoms with E-state index in [2.05, 4.69) is 14.9 Å². The highest BCUT2D eigenvalue weighted by molar-refractivity contribution is 7.99. The Bertz CT molecular complexity index is 991. The molecule has 3 aromatic rings. The molecular weight excluding hydrogens is 382 g/mol. The van der Waals surface area contributed by atoms with E-state index in [0.29, 0.717) is 26.8 Å². The molecule has 134 valence electrons. The molecule has 8 nitrogen and oxygen atoms in total. The van der Waals surface area contributed by atoms with Crippen molar-refractivity contribution < 1.29 is 19.1 Å². The van der Waals surface area contributed by atoms with E-state index in [9.17, 15) is 14.9 Å². The number of non-ortho nitro benzene ring substituents is 1. The molecule has 2 aromatic carbocycles. The van der Waals surface area contributed by atoms with Crippen molar-refractivity contribution in [2.24, 2.45) is 0 Å². The molecule has 0 radical (unpaired) electrons. The number of hydrogen-bond donors (Lipinski definition) is 0. The predicted octanol–water partition coefficient (Wildman–Crippen LogP) is 4.04. The van der Waals surface area contributed by atoms with Crippen molar-refractivity contribution in [1.82, 2.24) is 10.3 Å². The van der Waals surface area contributed by atoms with Crippen LogP contribution in [0, 0.1) is 17.0 Å². The Kier molecular flexibility index (Phi) is 5.38. The molecule has 0 aliphatic carbocycles.